The van der Waals surface area contributed by atoms with Crippen molar-refractivity contribution in [3.05, 3.63) is 0 Å². The van der Waals surface area contributed by atoms with Crippen LogP contribution in [0.15, 0.2) is 0 Å². The Balaban J connectivity index is 4.77. The van der Waals surface area contributed by atoms with Crippen molar-refractivity contribution in [3.63, 3.8) is 0 Å². The van der Waals surface area contributed by atoms with Gasteiger partial charge in [0.15, 0.2) is 0 Å². The maximum atomic E-state index is 12.7. The Bertz CT molecular complexity index is 1020. The molecule has 0 bridgehead atoms. The van der Waals surface area contributed by atoms with Gasteiger partial charge in [-0.15, -0.1) is 0 Å². The van der Waals surface area contributed by atoms with Gasteiger partial charge in [0.25, 0.3) is 0 Å². The van der Waals surface area contributed by atoms with Gasteiger partial charge >= 0.3 is 23.9 Å². The third-order valence-electron chi connectivity index (χ3n) is 12.4. The second kappa shape index (κ2) is 48.7. The van der Waals surface area contributed by atoms with Gasteiger partial charge in [0.1, 0.15) is 0 Å². The number of rotatable bonds is 51. The molecule has 378 valence electrons. The molecule has 64 heavy (non-hydrogen) atoms. The van der Waals surface area contributed by atoms with Crippen LogP contribution in [-0.2, 0) is 33.4 Å². The summed E-state index contributed by atoms with van der Waals surface area (Å²) in [6.07, 6.45) is 37.7. The Morgan fingerprint density at radius 2 is 0.562 bits per heavy atom. The van der Waals surface area contributed by atoms with Crippen LogP contribution in [0.3, 0.4) is 0 Å². The molecule has 0 aliphatic rings. The first kappa shape index (κ1) is 61.8. The normalized spacial score (nSPS) is 11.5. The number of likely N-dealkylation sites (N-methyl/N-ethyl adjacent to an activating group) is 1. The lowest BCUT2D eigenvalue weighted by Crippen LogP contribution is -2.40. The quantitative estimate of drug-likeness (QED) is 0.0356. The van der Waals surface area contributed by atoms with Crippen molar-refractivity contribution in [1.29, 1.82) is 0 Å². The molecule has 0 aromatic carbocycles. The van der Waals surface area contributed by atoms with E-state index < -0.39 is 5.97 Å². The number of ether oxygens (including phenoxy) is 3. The van der Waals surface area contributed by atoms with Gasteiger partial charge < -0.3 is 34.0 Å². The molecule has 11 nitrogen and oxygen atoms in total. The monoisotopic (exact) mass is 910 g/mol. The van der Waals surface area contributed by atoms with Gasteiger partial charge in [-0.3, -0.25) is 19.2 Å². The van der Waals surface area contributed by atoms with Crippen LogP contribution in [0, 0.1) is 0 Å². The zero-order chi connectivity index (χ0) is 47.0. The van der Waals surface area contributed by atoms with Crippen molar-refractivity contribution in [3.8, 4) is 0 Å². The van der Waals surface area contributed by atoms with Crippen LogP contribution in [0.2, 0.25) is 0 Å². The molecule has 1 N–H and O–H groups in total. The van der Waals surface area contributed by atoms with Crippen LogP contribution >= 0.6 is 0 Å². The number of aliphatic carboxylic acids is 1. The van der Waals surface area contributed by atoms with Crippen molar-refractivity contribution < 1.29 is 38.5 Å². The van der Waals surface area contributed by atoms with E-state index in [1.165, 1.54) is 154 Å². The molecule has 0 rings (SSSR count). The van der Waals surface area contributed by atoms with Crippen LogP contribution in [0.25, 0.3) is 0 Å². The van der Waals surface area contributed by atoms with Crippen LogP contribution < -0.4 is 0 Å². The topological polar surface area (TPSA) is 126 Å². The van der Waals surface area contributed by atoms with E-state index in [0.29, 0.717) is 72.2 Å². The molecule has 0 aromatic rings. The van der Waals surface area contributed by atoms with Gasteiger partial charge in [0.2, 0.25) is 0 Å². The smallest absolute Gasteiger partial charge is 0.307 e. The number of carbonyl (C=O) groups is 4. The third-order valence-corrected chi connectivity index (χ3v) is 12.4. The molecule has 0 radical (unpaired) electrons. The molecule has 0 saturated heterocycles. The molecule has 0 saturated carbocycles. The molecule has 11 heteroatoms. The van der Waals surface area contributed by atoms with Gasteiger partial charge in [-0.2, -0.15) is 0 Å². The fraction of sp³-hybridized carbons (Fsp3) is 0.925. The summed E-state index contributed by atoms with van der Waals surface area (Å²) in [4.78, 5) is 55.8. The van der Waals surface area contributed by atoms with Gasteiger partial charge in [0, 0.05) is 52.4 Å². The second-order valence-electron chi connectivity index (χ2n) is 18.6. The summed E-state index contributed by atoms with van der Waals surface area (Å²) in [7, 11) is 2.02. The highest BCUT2D eigenvalue weighted by atomic mass is 16.5. The Morgan fingerprint density at radius 3 is 0.812 bits per heavy atom. The molecule has 0 unspecified atom stereocenters. The number of nitrogens with zero attached hydrogens (tertiary/aromatic N) is 3. The molecule has 0 amide bonds. The van der Waals surface area contributed by atoms with Crippen LogP contribution in [0.5, 0.6) is 0 Å². The van der Waals surface area contributed by atoms with E-state index in [1.807, 2.05) is 11.9 Å². The highest BCUT2D eigenvalue weighted by Crippen LogP contribution is 2.13. The van der Waals surface area contributed by atoms with E-state index in [-0.39, 0.29) is 43.6 Å². The van der Waals surface area contributed by atoms with Crippen LogP contribution in [-0.4, -0.2) is 123 Å². The number of carboxylic acids is 1. The zero-order valence-corrected chi connectivity index (χ0v) is 42.5. The number of esters is 3. The molecular formula is C53H103N3O8. The number of hydrogen-bond donors (Lipinski definition) is 1. The Labute approximate surface area is 394 Å². The molecule has 0 aliphatic heterocycles. The Kier molecular flexibility index (Phi) is 47.0. The minimum absolute atomic E-state index is 0.00965. The first-order chi connectivity index (χ1) is 31.2. The molecule has 0 spiro atoms. The summed E-state index contributed by atoms with van der Waals surface area (Å²) in [5.41, 5.74) is 0. The summed E-state index contributed by atoms with van der Waals surface area (Å²) in [6.45, 7) is 12.6. The molecule has 0 fully saturated rings. The summed E-state index contributed by atoms with van der Waals surface area (Å²) in [5, 5.41) is 9.37. The molecule has 0 aromatic heterocycles. The SMILES string of the molecule is CCCCCCCCCCCCOC(=O)CCN(CCC(=O)O)CCN(C)CCN(CCC(=O)OCCCCCCCCCCCC)CCC(=O)OCCCCCCCCCCCC. The largest absolute Gasteiger partial charge is 0.481 e. The standard InChI is InChI=1S/C53H103N3O8/c1-5-8-11-14-17-20-23-26-29-32-47-62-51(59)36-40-55(39-35-50(57)58)45-43-54(4)44-46-56(41-37-52(60)63-48-33-30-27-24-21-18-15-12-9-6-2)42-38-53(61)64-49-34-31-28-25-22-19-16-13-10-7-3/h5-49H2,1-4H3,(H,57,58). The summed E-state index contributed by atoms with van der Waals surface area (Å²) >= 11 is 0. The first-order valence-electron chi connectivity index (χ1n) is 27.0. The summed E-state index contributed by atoms with van der Waals surface area (Å²) in [6, 6.07) is 0. The lowest BCUT2D eigenvalue weighted by Gasteiger charge is -2.27. The van der Waals surface area contributed by atoms with E-state index in [9.17, 15) is 24.3 Å². The number of carboxylic acid groups (broad SMARTS) is 1. The lowest BCUT2D eigenvalue weighted by molar-refractivity contribution is -0.145. The maximum Gasteiger partial charge on any atom is 0.307 e. The van der Waals surface area contributed by atoms with Gasteiger partial charge in [0.05, 0.1) is 45.5 Å². The first-order valence-corrected chi connectivity index (χ1v) is 27.0. The fourth-order valence-corrected chi connectivity index (χ4v) is 7.95. The molecule has 0 atom stereocenters. The predicted octanol–water partition coefficient (Wildman–Crippen LogP) is 12.6. The molecular weight excluding hydrogens is 807 g/mol. The van der Waals surface area contributed by atoms with Gasteiger partial charge in [-0.25, -0.2) is 0 Å². The van der Waals surface area contributed by atoms with Crippen LogP contribution in [0.4, 0.5) is 0 Å². The van der Waals surface area contributed by atoms with Crippen molar-refractivity contribution in [1.82, 2.24) is 14.7 Å². The van der Waals surface area contributed by atoms with Crippen molar-refractivity contribution >= 4 is 23.9 Å². The van der Waals surface area contributed by atoms with E-state index >= 15 is 0 Å². The maximum absolute atomic E-state index is 12.7. The predicted molar refractivity (Wildman–Crippen MR) is 265 cm³/mol. The minimum atomic E-state index is -0.860. The average Bonchev–Trinajstić information content (AvgIpc) is 3.28. The number of unbranched alkanes of at least 4 members (excludes halogenated alkanes) is 27. The Hall–Kier alpha value is -2.24. The van der Waals surface area contributed by atoms with Crippen molar-refractivity contribution in [2.45, 2.75) is 239 Å². The van der Waals surface area contributed by atoms with Crippen LogP contribution in [0.1, 0.15) is 239 Å². The number of carbonyl (C=O) groups excluding carboxylic acids is 3. The average molecular weight is 910 g/mol. The van der Waals surface area contributed by atoms with E-state index in [4.69, 9.17) is 14.2 Å². The highest BCUT2D eigenvalue weighted by Gasteiger charge is 2.16. The van der Waals surface area contributed by atoms with E-state index in [0.717, 1.165) is 38.5 Å². The Morgan fingerprint density at radius 1 is 0.328 bits per heavy atom. The van der Waals surface area contributed by atoms with Gasteiger partial charge in [-0.1, -0.05) is 194 Å². The van der Waals surface area contributed by atoms with Gasteiger partial charge in [-0.05, 0) is 26.3 Å². The number of hydrogen-bond acceptors (Lipinski definition) is 10. The summed E-state index contributed by atoms with van der Waals surface area (Å²) < 4.78 is 16.7. The fourth-order valence-electron chi connectivity index (χ4n) is 7.95. The molecule has 0 heterocycles. The zero-order valence-electron chi connectivity index (χ0n) is 42.5. The minimum Gasteiger partial charge on any atom is -0.481 e. The van der Waals surface area contributed by atoms with E-state index in [2.05, 4.69) is 30.6 Å². The second-order valence-corrected chi connectivity index (χ2v) is 18.6. The third kappa shape index (κ3) is 46.3. The van der Waals surface area contributed by atoms with Crippen molar-refractivity contribution in [2.24, 2.45) is 0 Å². The highest BCUT2D eigenvalue weighted by molar-refractivity contribution is 5.70. The van der Waals surface area contributed by atoms with Crippen molar-refractivity contribution in [2.75, 3.05) is 79.2 Å². The molecule has 0 aliphatic carbocycles. The van der Waals surface area contributed by atoms with E-state index in [1.54, 1.807) is 0 Å². The lowest BCUT2D eigenvalue weighted by atomic mass is 10.1. The summed E-state index contributed by atoms with van der Waals surface area (Å²) in [5.74, 6) is -1.49.